The number of amides is 2. The molecule has 8 heteroatoms. The van der Waals surface area contributed by atoms with Crippen LogP contribution in [0.15, 0.2) is 23.8 Å². The Bertz CT molecular complexity index is 744. The van der Waals surface area contributed by atoms with Gasteiger partial charge in [0, 0.05) is 20.1 Å². The molecule has 2 aliphatic rings. The molecular formula is C16H16FN3O3S. The minimum Gasteiger partial charge on any atom is -0.378 e. The first-order valence-electron chi connectivity index (χ1n) is 7.44. The Morgan fingerprint density at radius 2 is 2.00 bits per heavy atom. The van der Waals surface area contributed by atoms with Crippen molar-refractivity contribution >= 4 is 40.9 Å². The highest BCUT2D eigenvalue weighted by molar-refractivity contribution is 7.80. The molecule has 1 aromatic rings. The Morgan fingerprint density at radius 3 is 2.67 bits per heavy atom. The molecule has 0 aliphatic carbocycles. The van der Waals surface area contributed by atoms with Gasteiger partial charge in [-0.2, -0.15) is 0 Å². The zero-order valence-corrected chi connectivity index (χ0v) is 13.9. The molecule has 0 radical (unpaired) electrons. The summed E-state index contributed by atoms with van der Waals surface area (Å²) >= 11 is 4.88. The van der Waals surface area contributed by atoms with Gasteiger partial charge < -0.3 is 9.64 Å². The lowest BCUT2D eigenvalue weighted by Gasteiger charge is -2.29. The molecule has 6 nitrogen and oxygen atoms in total. The van der Waals surface area contributed by atoms with Gasteiger partial charge in [0.25, 0.3) is 11.8 Å². The summed E-state index contributed by atoms with van der Waals surface area (Å²) < 4.78 is 19.7. The molecule has 1 N–H and O–H groups in total. The number of hydrogen-bond donors (Lipinski definition) is 1. The van der Waals surface area contributed by atoms with E-state index in [1.807, 2.05) is 4.90 Å². The van der Waals surface area contributed by atoms with Crippen molar-refractivity contribution in [1.29, 1.82) is 0 Å². The van der Waals surface area contributed by atoms with E-state index in [0.29, 0.717) is 37.6 Å². The predicted molar refractivity (Wildman–Crippen MR) is 90.9 cm³/mol. The summed E-state index contributed by atoms with van der Waals surface area (Å²) in [5.74, 6) is -1.50. The van der Waals surface area contributed by atoms with Crippen molar-refractivity contribution in [2.75, 3.05) is 38.3 Å². The maximum Gasteiger partial charge on any atom is 0.265 e. The molecule has 24 heavy (non-hydrogen) atoms. The molecule has 1 aromatic carbocycles. The number of benzene rings is 1. The van der Waals surface area contributed by atoms with Crippen molar-refractivity contribution < 1.29 is 18.7 Å². The summed E-state index contributed by atoms with van der Waals surface area (Å²) in [7, 11) is 1.47. The number of nitrogens with zero attached hydrogens (tertiary/aromatic N) is 2. The largest absolute Gasteiger partial charge is 0.378 e. The van der Waals surface area contributed by atoms with Gasteiger partial charge in [0.15, 0.2) is 5.11 Å². The maximum absolute atomic E-state index is 14.4. The van der Waals surface area contributed by atoms with Crippen LogP contribution in [0, 0.1) is 5.82 Å². The Morgan fingerprint density at radius 1 is 1.29 bits per heavy atom. The minimum atomic E-state index is -0.583. The van der Waals surface area contributed by atoms with Gasteiger partial charge in [0.05, 0.1) is 18.9 Å². The number of anilines is 1. The standard InChI is InChI=1S/C16H16FN3O3S/c1-19-15(22)11(14(21)18-16(19)24)8-10-2-3-13(12(17)9-10)20-4-6-23-7-5-20/h2-3,8-9H,4-7H2,1H3,(H,18,21,24)/b11-8+. The number of hydrogen-bond acceptors (Lipinski definition) is 5. The number of carbonyl (C=O) groups is 2. The fourth-order valence-corrected chi connectivity index (χ4v) is 2.76. The molecule has 0 spiro atoms. The van der Waals surface area contributed by atoms with E-state index in [1.165, 1.54) is 24.1 Å². The minimum absolute atomic E-state index is 0.0518. The van der Waals surface area contributed by atoms with Crippen LogP contribution in [-0.2, 0) is 14.3 Å². The van der Waals surface area contributed by atoms with Crippen molar-refractivity contribution in [2.45, 2.75) is 0 Å². The van der Waals surface area contributed by atoms with Crippen LogP contribution in [0.2, 0.25) is 0 Å². The molecule has 2 aliphatic heterocycles. The van der Waals surface area contributed by atoms with Gasteiger partial charge in [-0.25, -0.2) is 4.39 Å². The lowest BCUT2D eigenvalue weighted by molar-refractivity contribution is -0.128. The van der Waals surface area contributed by atoms with E-state index in [-0.39, 0.29) is 10.7 Å². The first kappa shape index (κ1) is 16.5. The molecule has 0 aromatic heterocycles. The average molecular weight is 349 g/mol. The fraction of sp³-hybridized carbons (Fsp3) is 0.312. The molecule has 0 saturated carbocycles. The highest BCUT2D eigenvalue weighted by Gasteiger charge is 2.30. The summed E-state index contributed by atoms with van der Waals surface area (Å²) in [6, 6.07) is 4.63. The molecule has 0 atom stereocenters. The highest BCUT2D eigenvalue weighted by atomic mass is 32.1. The first-order valence-corrected chi connectivity index (χ1v) is 7.85. The van der Waals surface area contributed by atoms with Gasteiger partial charge in [-0.15, -0.1) is 0 Å². The highest BCUT2D eigenvalue weighted by Crippen LogP contribution is 2.23. The van der Waals surface area contributed by atoms with E-state index in [9.17, 15) is 14.0 Å². The lowest BCUT2D eigenvalue weighted by atomic mass is 10.1. The predicted octanol–water partition coefficient (Wildman–Crippen LogP) is 0.919. The first-order chi connectivity index (χ1) is 11.5. The second-order valence-corrected chi connectivity index (χ2v) is 5.88. The van der Waals surface area contributed by atoms with E-state index in [0.717, 1.165) is 0 Å². The normalized spacial score (nSPS) is 20.6. The molecule has 3 rings (SSSR count). The van der Waals surface area contributed by atoms with E-state index >= 15 is 0 Å². The van der Waals surface area contributed by atoms with Gasteiger partial charge in [0.2, 0.25) is 0 Å². The Hall–Kier alpha value is -2.32. The Balaban J connectivity index is 1.87. The molecule has 2 saturated heterocycles. The van der Waals surface area contributed by atoms with Crippen molar-refractivity contribution in [3.05, 3.63) is 35.2 Å². The fourth-order valence-electron chi connectivity index (χ4n) is 2.59. The lowest BCUT2D eigenvalue weighted by Crippen LogP contribution is -2.52. The summed E-state index contributed by atoms with van der Waals surface area (Å²) in [4.78, 5) is 27.1. The number of morpholine rings is 1. The van der Waals surface area contributed by atoms with Gasteiger partial charge in [-0.05, 0) is 36.0 Å². The maximum atomic E-state index is 14.4. The SMILES string of the molecule is CN1C(=O)/C(=C/c2ccc(N3CCOCC3)c(F)c2)C(=O)NC1=S. The number of ether oxygens (including phenoxy) is 1. The van der Waals surface area contributed by atoms with Crippen LogP contribution in [0.1, 0.15) is 5.56 Å². The number of likely N-dealkylation sites (N-methyl/N-ethyl adjacent to an activating group) is 1. The molecule has 0 bridgehead atoms. The zero-order chi connectivity index (χ0) is 17.3. The van der Waals surface area contributed by atoms with Gasteiger partial charge in [-0.1, -0.05) is 6.07 Å². The summed E-state index contributed by atoms with van der Waals surface area (Å²) in [5, 5.41) is 2.47. The molecule has 2 heterocycles. The van der Waals surface area contributed by atoms with Crippen molar-refractivity contribution in [2.24, 2.45) is 0 Å². The van der Waals surface area contributed by atoms with E-state index < -0.39 is 17.6 Å². The molecule has 2 amide bonds. The van der Waals surface area contributed by atoms with Gasteiger partial charge >= 0.3 is 0 Å². The van der Waals surface area contributed by atoms with Crippen molar-refractivity contribution in [3.63, 3.8) is 0 Å². The number of rotatable bonds is 2. The Labute approximate surface area is 143 Å². The molecule has 0 unspecified atom stereocenters. The monoisotopic (exact) mass is 349 g/mol. The van der Waals surface area contributed by atoms with Gasteiger partial charge in [0.1, 0.15) is 11.4 Å². The van der Waals surface area contributed by atoms with Crippen molar-refractivity contribution in [1.82, 2.24) is 10.2 Å². The van der Waals surface area contributed by atoms with Crippen LogP contribution >= 0.6 is 12.2 Å². The topological polar surface area (TPSA) is 61.9 Å². The number of thiocarbonyl (C=S) groups is 1. The number of nitrogens with one attached hydrogen (secondary N) is 1. The van der Waals surface area contributed by atoms with Crippen LogP contribution in [0.4, 0.5) is 10.1 Å². The molecular weight excluding hydrogens is 333 g/mol. The summed E-state index contributed by atoms with van der Waals surface area (Å²) in [5.41, 5.74) is 0.840. The van der Waals surface area contributed by atoms with Crippen LogP contribution in [0.3, 0.4) is 0 Å². The third-order valence-corrected chi connectivity index (χ3v) is 4.32. The molecule has 126 valence electrons. The van der Waals surface area contributed by atoms with Crippen LogP contribution < -0.4 is 10.2 Å². The van der Waals surface area contributed by atoms with Crippen LogP contribution in [-0.4, -0.2) is 55.2 Å². The van der Waals surface area contributed by atoms with Crippen LogP contribution in [0.25, 0.3) is 6.08 Å². The average Bonchev–Trinajstić information content (AvgIpc) is 2.58. The summed E-state index contributed by atoms with van der Waals surface area (Å²) in [6.45, 7) is 2.37. The Kier molecular flexibility index (Phi) is 4.59. The van der Waals surface area contributed by atoms with E-state index in [4.69, 9.17) is 17.0 Å². The third-order valence-electron chi connectivity index (χ3n) is 3.94. The van der Waals surface area contributed by atoms with E-state index in [1.54, 1.807) is 12.1 Å². The second-order valence-electron chi connectivity index (χ2n) is 5.49. The second kappa shape index (κ2) is 6.66. The van der Waals surface area contributed by atoms with Gasteiger partial charge in [-0.3, -0.25) is 19.8 Å². The van der Waals surface area contributed by atoms with Crippen LogP contribution in [0.5, 0.6) is 0 Å². The number of carbonyl (C=O) groups excluding carboxylic acids is 2. The van der Waals surface area contributed by atoms with Crippen molar-refractivity contribution in [3.8, 4) is 0 Å². The zero-order valence-electron chi connectivity index (χ0n) is 13.0. The quantitative estimate of drug-likeness (QED) is 0.489. The summed E-state index contributed by atoms with van der Waals surface area (Å²) in [6.07, 6.45) is 1.36. The van der Waals surface area contributed by atoms with E-state index in [2.05, 4.69) is 5.32 Å². The number of halogens is 1. The molecule has 2 fully saturated rings. The smallest absolute Gasteiger partial charge is 0.265 e. The third kappa shape index (κ3) is 3.15.